The van der Waals surface area contributed by atoms with Crippen molar-refractivity contribution in [3.05, 3.63) is 71.8 Å². The van der Waals surface area contributed by atoms with Crippen LogP contribution in [0.5, 0.6) is 0 Å². The van der Waals surface area contributed by atoms with Crippen LogP contribution < -0.4 is 22.1 Å². The van der Waals surface area contributed by atoms with E-state index in [0.717, 1.165) is 10.8 Å². The first-order chi connectivity index (χ1) is 12.5. The van der Waals surface area contributed by atoms with Gasteiger partial charge in [0.1, 0.15) is 5.84 Å². The number of carbonyl (C=O) groups is 1. The third kappa shape index (κ3) is 3.46. The van der Waals surface area contributed by atoms with E-state index in [1.54, 1.807) is 30.3 Å². The minimum absolute atomic E-state index is 0.121. The lowest BCUT2D eigenvalue weighted by atomic mass is 10.0. The van der Waals surface area contributed by atoms with Gasteiger partial charge in [-0.2, -0.15) is 0 Å². The van der Waals surface area contributed by atoms with Crippen LogP contribution in [0.25, 0.3) is 10.8 Å². The average Bonchev–Trinajstić information content (AvgIpc) is 2.60. The summed E-state index contributed by atoms with van der Waals surface area (Å²) in [6.45, 7) is 0. The molecule has 0 unspecified atom stereocenters. The molecule has 0 aliphatic carbocycles. The fraction of sp³-hybridized carbons (Fsp3) is 0. The monoisotopic (exact) mass is 346 g/mol. The molecule has 0 spiro atoms. The molecule has 0 saturated carbocycles. The van der Waals surface area contributed by atoms with E-state index in [1.807, 2.05) is 30.3 Å². The Labute approximate surface area is 150 Å². The molecule has 3 aromatic rings. The van der Waals surface area contributed by atoms with E-state index in [2.05, 4.69) is 10.6 Å². The molecule has 0 aliphatic rings. The largest absolute Gasteiger partial charge is 0.384 e. The smallest absolute Gasteiger partial charge is 0.255 e. The predicted octanol–water partition coefficient (Wildman–Crippen LogP) is 2.68. The summed E-state index contributed by atoms with van der Waals surface area (Å²) in [5.74, 6) is -0.685. The average molecular weight is 346 g/mol. The number of fused-ring (bicyclic) bond motifs is 1. The summed E-state index contributed by atoms with van der Waals surface area (Å²) >= 11 is 0. The van der Waals surface area contributed by atoms with Crippen molar-refractivity contribution >= 4 is 39.8 Å². The molecular weight excluding hydrogens is 328 g/mol. The van der Waals surface area contributed by atoms with E-state index in [1.165, 1.54) is 0 Å². The van der Waals surface area contributed by atoms with Gasteiger partial charge in [-0.25, -0.2) is 0 Å². The Morgan fingerprint density at radius 3 is 2.38 bits per heavy atom. The first-order valence-electron chi connectivity index (χ1n) is 7.84. The molecule has 7 nitrogen and oxygen atoms in total. The van der Waals surface area contributed by atoms with E-state index in [0.29, 0.717) is 22.5 Å². The van der Waals surface area contributed by atoms with Crippen LogP contribution >= 0.6 is 0 Å². The van der Waals surface area contributed by atoms with Crippen LogP contribution in [-0.4, -0.2) is 17.7 Å². The second-order valence-corrected chi connectivity index (χ2v) is 5.70. The molecule has 130 valence electrons. The number of hydrogen-bond acceptors (Lipinski definition) is 3. The number of amidine groups is 1. The maximum Gasteiger partial charge on any atom is 0.255 e. The Hall–Kier alpha value is -3.87. The molecule has 0 atom stereocenters. The van der Waals surface area contributed by atoms with Gasteiger partial charge in [0.25, 0.3) is 5.91 Å². The van der Waals surface area contributed by atoms with Crippen LogP contribution in [0.4, 0.5) is 11.4 Å². The van der Waals surface area contributed by atoms with Gasteiger partial charge in [0, 0.05) is 16.8 Å². The van der Waals surface area contributed by atoms with Crippen LogP contribution in [0.15, 0.2) is 60.7 Å². The van der Waals surface area contributed by atoms with Gasteiger partial charge >= 0.3 is 0 Å². The molecule has 8 N–H and O–H groups in total. The van der Waals surface area contributed by atoms with Crippen molar-refractivity contribution in [2.45, 2.75) is 0 Å². The highest BCUT2D eigenvalue weighted by molar-refractivity contribution is 6.16. The summed E-state index contributed by atoms with van der Waals surface area (Å²) in [7, 11) is 0. The normalized spacial score (nSPS) is 10.3. The predicted molar refractivity (Wildman–Crippen MR) is 105 cm³/mol. The van der Waals surface area contributed by atoms with Crippen molar-refractivity contribution in [1.29, 1.82) is 10.8 Å². The molecule has 0 bridgehead atoms. The molecule has 3 rings (SSSR count). The standard InChI is InChI=1S/C19H18N6O/c20-17(21)16-14-7-2-1-4-11(14)8-9-15(16)25-18(26)12-5-3-6-13(10-12)24-19(22)23/h1-10H,(H3,20,21)(H,25,26)(H4,22,23,24). The van der Waals surface area contributed by atoms with Crippen molar-refractivity contribution in [3.63, 3.8) is 0 Å². The van der Waals surface area contributed by atoms with E-state index in [9.17, 15) is 4.79 Å². The summed E-state index contributed by atoms with van der Waals surface area (Å²) in [5, 5.41) is 22.3. The molecule has 0 aliphatic heterocycles. The number of amides is 1. The number of nitrogens with one attached hydrogen (secondary N) is 4. The summed E-state index contributed by atoms with van der Waals surface area (Å²) < 4.78 is 0. The third-order valence-corrected chi connectivity index (χ3v) is 3.85. The highest BCUT2D eigenvalue weighted by Crippen LogP contribution is 2.26. The highest BCUT2D eigenvalue weighted by atomic mass is 16.1. The Kier molecular flexibility index (Phi) is 4.53. The summed E-state index contributed by atoms with van der Waals surface area (Å²) in [4.78, 5) is 12.6. The lowest BCUT2D eigenvalue weighted by Crippen LogP contribution is -2.21. The topological polar surface area (TPSA) is 141 Å². The van der Waals surface area contributed by atoms with E-state index >= 15 is 0 Å². The molecule has 0 radical (unpaired) electrons. The molecule has 0 aromatic heterocycles. The maximum atomic E-state index is 12.6. The Balaban J connectivity index is 1.96. The molecule has 3 aromatic carbocycles. The Morgan fingerprint density at radius 2 is 1.65 bits per heavy atom. The molecule has 1 amide bonds. The van der Waals surface area contributed by atoms with Gasteiger partial charge in [-0.05, 0) is 35.0 Å². The van der Waals surface area contributed by atoms with Crippen LogP contribution in [0.3, 0.4) is 0 Å². The number of hydrogen-bond donors (Lipinski definition) is 6. The second-order valence-electron chi connectivity index (χ2n) is 5.70. The molecule has 26 heavy (non-hydrogen) atoms. The van der Waals surface area contributed by atoms with Gasteiger partial charge in [-0.15, -0.1) is 0 Å². The number of nitrogen functional groups attached to an aromatic ring is 1. The second kappa shape index (κ2) is 6.94. The van der Waals surface area contributed by atoms with Gasteiger partial charge in [-0.1, -0.05) is 36.4 Å². The van der Waals surface area contributed by atoms with Gasteiger partial charge in [0.15, 0.2) is 5.96 Å². The number of rotatable bonds is 4. The lowest BCUT2D eigenvalue weighted by molar-refractivity contribution is 0.102. The molecule has 0 saturated heterocycles. The van der Waals surface area contributed by atoms with Crippen molar-refractivity contribution in [1.82, 2.24) is 0 Å². The molecule has 0 heterocycles. The first-order valence-corrected chi connectivity index (χ1v) is 7.84. The van der Waals surface area contributed by atoms with Crippen LogP contribution in [0.1, 0.15) is 15.9 Å². The highest BCUT2D eigenvalue weighted by Gasteiger charge is 2.14. The van der Waals surface area contributed by atoms with Crippen molar-refractivity contribution < 1.29 is 4.79 Å². The zero-order chi connectivity index (χ0) is 18.7. The van der Waals surface area contributed by atoms with E-state index < -0.39 is 0 Å². The van der Waals surface area contributed by atoms with Crippen molar-refractivity contribution in [3.8, 4) is 0 Å². The number of carbonyl (C=O) groups excluding carboxylic acids is 1. The Bertz CT molecular complexity index is 1030. The van der Waals surface area contributed by atoms with Gasteiger partial charge in [0.2, 0.25) is 0 Å². The summed E-state index contributed by atoms with van der Waals surface area (Å²) in [6.07, 6.45) is 0. The fourth-order valence-corrected chi connectivity index (χ4v) is 2.75. The minimum atomic E-state index is -0.352. The molecule has 0 fully saturated rings. The SMILES string of the molecule is N=C(N)Nc1cccc(C(=O)Nc2ccc3ccccc3c2C(=N)N)c1. The summed E-state index contributed by atoms with van der Waals surface area (Å²) in [6, 6.07) is 17.8. The van der Waals surface area contributed by atoms with Crippen LogP contribution in [0.2, 0.25) is 0 Å². The van der Waals surface area contributed by atoms with Crippen LogP contribution in [-0.2, 0) is 0 Å². The summed E-state index contributed by atoms with van der Waals surface area (Å²) in [5.41, 5.74) is 12.9. The van der Waals surface area contributed by atoms with E-state index in [4.69, 9.17) is 22.3 Å². The van der Waals surface area contributed by atoms with Gasteiger partial charge in [0.05, 0.1) is 5.69 Å². The Morgan fingerprint density at radius 1 is 0.885 bits per heavy atom. The van der Waals surface area contributed by atoms with Crippen molar-refractivity contribution in [2.75, 3.05) is 10.6 Å². The maximum absolute atomic E-state index is 12.6. The van der Waals surface area contributed by atoms with Crippen LogP contribution in [0, 0.1) is 10.8 Å². The number of benzene rings is 3. The number of nitrogens with two attached hydrogens (primary N) is 2. The third-order valence-electron chi connectivity index (χ3n) is 3.85. The van der Waals surface area contributed by atoms with Gasteiger partial charge < -0.3 is 22.1 Å². The zero-order valence-electron chi connectivity index (χ0n) is 13.8. The molecule has 7 heteroatoms. The zero-order valence-corrected chi connectivity index (χ0v) is 13.8. The fourth-order valence-electron chi connectivity index (χ4n) is 2.75. The molecular formula is C19H18N6O. The number of anilines is 2. The quantitative estimate of drug-likeness (QED) is 0.319. The lowest BCUT2D eigenvalue weighted by Gasteiger charge is -2.13. The van der Waals surface area contributed by atoms with Gasteiger partial charge in [-0.3, -0.25) is 15.6 Å². The van der Waals surface area contributed by atoms with E-state index in [-0.39, 0.29) is 17.7 Å². The minimum Gasteiger partial charge on any atom is -0.384 e. The van der Waals surface area contributed by atoms with Crippen molar-refractivity contribution in [2.24, 2.45) is 11.5 Å². The number of guanidine groups is 1. The first kappa shape index (κ1) is 17.0.